The fourth-order valence-electron chi connectivity index (χ4n) is 0.0736. The Labute approximate surface area is 59.4 Å². The van der Waals surface area contributed by atoms with Crippen LogP contribution in [-0.4, -0.2) is 15.8 Å². The van der Waals surface area contributed by atoms with Crippen LogP contribution < -0.4 is 5.90 Å². The number of hydrogen-bond acceptors (Lipinski definition) is 5. The zero-order chi connectivity index (χ0) is 6.57. The summed E-state index contributed by atoms with van der Waals surface area (Å²) < 4.78 is 3.10. The first-order valence-corrected chi connectivity index (χ1v) is 2.38. The van der Waals surface area contributed by atoms with E-state index in [9.17, 15) is 0 Å². The third-order valence-electron chi connectivity index (χ3n) is 0.328. The molecule has 0 radical (unpaired) electrons. The van der Waals surface area contributed by atoms with Crippen molar-refractivity contribution < 1.29 is 10.1 Å². The predicted octanol–water partition coefficient (Wildman–Crippen LogP) is 0.306. The molecule has 0 saturated heterocycles. The van der Waals surface area contributed by atoms with Crippen molar-refractivity contribution in [1.82, 2.24) is 10.6 Å². The maximum atomic E-state index is 8.25. The first kappa shape index (κ1) is 8.45. The van der Waals surface area contributed by atoms with Crippen LogP contribution in [0.1, 0.15) is 0 Å². The second-order valence-corrected chi connectivity index (χ2v) is 1.15. The number of hydrogen-bond donors (Lipinski definition) is 2. The van der Waals surface area contributed by atoms with E-state index in [0.717, 1.165) is 0 Å². The molecule has 4 N–H and O–H groups in total. The Morgan fingerprint density at radius 3 is 2.50 bits per heavy atom. The molecule has 0 rings (SSSR count). The number of halogens is 1. The highest BCUT2D eigenvalue weighted by Crippen LogP contribution is 2.06. The van der Waals surface area contributed by atoms with Gasteiger partial charge in [0.05, 0.1) is 0 Å². The Bertz CT molecular complexity index is 50.4. The third kappa shape index (κ3) is 2.68. The van der Waals surface area contributed by atoms with Crippen LogP contribution in [-0.2, 0) is 4.94 Å². The average Bonchev–Trinajstić information content (AvgIpc) is 1.84. The predicted molar refractivity (Wildman–Crippen MR) is 32.4 cm³/mol. The lowest BCUT2D eigenvalue weighted by molar-refractivity contribution is -0.422. The van der Waals surface area contributed by atoms with E-state index in [1.165, 1.54) is 22.9 Å². The van der Waals surface area contributed by atoms with Crippen molar-refractivity contribution in [3.05, 3.63) is 9.48 Å². The van der Waals surface area contributed by atoms with Gasteiger partial charge in [-0.25, -0.2) is 22.9 Å². The molecule has 50 valence electrons. The molecule has 0 amide bonds. The molecule has 0 saturated carbocycles. The van der Waals surface area contributed by atoms with Gasteiger partial charge in [0.15, 0.2) is 0 Å². The number of rotatable bonds is 3. The Hall–Kier alpha value is 0.450. The Morgan fingerprint density at radius 2 is 2.38 bits per heavy atom. The minimum absolute atomic E-state index is 0.0492. The highest BCUT2D eigenvalue weighted by atomic mass is 127. The van der Waals surface area contributed by atoms with Crippen LogP contribution >= 0.6 is 22.9 Å². The van der Waals surface area contributed by atoms with Gasteiger partial charge >= 0.3 is 0 Å². The van der Waals surface area contributed by atoms with Crippen LogP contribution in [0, 0.1) is 0 Å². The third-order valence-corrected chi connectivity index (χ3v) is 0.737. The summed E-state index contributed by atoms with van der Waals surface area (Å²) in [7, 11) is 0. The minimum Gasteiger partial charge on any atom is -0.610 e. The van der Waals surface area contributed by atoms with Gasteiger partial charge in [-0.15, -0.1) is 0 Å². The number of nitrogens with zero attached hydrogens (tertiary/aromatic N) is 3. The zero-order valence-corrected chi connectivity index (χ0v) is 5.81. The summed E-state index contributed by atoms with van der Waals surface area (Å²) in [5.74, 6) is 11.0. The zero-order valence-electron chi connectivity index (χ0n) is 3.65. The standard InChI is InChI=1S/H4IN5O2/c1-4-5(2)6(7)8-3/h2,7H,3H2/q-2. The molecule has 0 bridgehead atoms. The molecule has 0 spiro atoms. The first-order valence-electron chi connectivity index (χ1n) is 1.41. The lowest BCUT2D eigenvalue weighted by Gasteiger charge is -2.40. The Kier molecular flexibility index (Phi) is 4.58. The summed E-state index contributed by atoms with van der Waals surface area (Å²) in [6.45, 7) is 0. The molecule has 8 heteroatoms. The van der Waals surface area contributed by atoms with Crippen LogP contribution in [0.4, 0.5) is 0 Å². The fourth-order valence-corrected chi connectivity index (χ4v) is 0.239. The fraction of sp³-hybridized carbons (Fsp3) is 0. The summed E-state index contributed by atoms with van der Waals surface area (Å²) in [6, 6.07) is 0. The van der Waals surface area contributed by atoms with Crippen LogP contribution in [0.2, 0.25) is 0 Å². The molecule has 0 atom stereocenters. The maximum Gasteiger partial charge on any atom is -0.00707 e. The highest BCUT2D eigenvalue weighted by Gasteiger charge is 1.86. The smallest absolute Gasteiger partial charge is 0.00707 e. The second kappa shape index (κ2) is 4.34. The van der Waals surface area contributed by atoms with E-state index < -0.39 is 0 Å². The molecule has 0 aromatic heterocycles. The van der Waals surface area contributed by atoms with Crippen molar-refractivity contribution in [3.8, 4) is 0 Å². The Balaban J connectivity index is 3.29. The van der Waals surface area contributed by atoms with Crippen LogP contribution in [0.15, 0.2) is 0 Å². The highest BCUT2D eigenvalue weighted by molar-refractivity contribution is 14.1. The molecule has 0 aliphatic carbocycles. The van der Waals surface area contributed by atoms with Gasteiger partial charge < -0.3 is 14.7 Å². The molecule has 0 aromatic carbocycles. The van der Waals surface area contributed by atoms with E-state index in [1.807, 2.05) is 0 Å². The second-order valence-electron chi connectivity index (χ2n) is 0.723. The lowest BCUT2D eigenvalue weighted by atomic mass is 12.2. The molecule has 0 fully saturated rings. The maximum absolute atomic E-state index is 8.25. The topological polar surface area (TPSA) is 99.9 Å². The number of nitrogens with two attached hydrogens (primary N) is 1. The van der Waals surface area contributed by atoms with Gasteiger partial charge in [-0.1, -0.05) is 0 Å². The van der Waals surface area contributed by atoms with Crippen LogP contribution in [0.25, 0.3) is 9.48 Å². The molecule has 0 aliphatic heterocycles. The molecule has 7 nitrogen and oxygen atoms in total. The van der Waals surface area contributed by atoms with Gasteiger partial charge in [0.25, 0.3) is 0 Å². The minimum atomic E-state index is -0.0492. The van der Waals surface area contributed by atoms with Gasteiger partial charge in [-0.3, -0.25) is 5.21 Å². The summed E-state index contributed by atoms with van der Waals surface area (Å²) >= 11 is 1.48. The summed E-state index contributed by atoms with van der Waals surface area (Å²) in [5.41, 5.74) is 0. The van der Waals surface area contributed by atoms with Crippen LogP contribution in [0.5, 0.6) is 0 Å². The summed E-state index contributed by atoms with van der Waals surface area (Å²) in [5, 5.41) is 8.45. The molecule has 8 heavy (non-hydrogen) atoms. The first-order chi connectivity index (χ1) is 3.72. The summed E-state index contributed by atoms with van der Waals surface area (Å²) in [6.07, 6.45) is 0. The van der Waals surface area contributed by atoms with E-state index in [4.69, 9.17) is 11.0 Å². The van der Waals surface area contributed by atoms with E-state index in [-0.39, 0.29) is 10.6 Å². The average molecular weight is 233 g/mol. The van der Waals surface area contributed by atoms with Crippen molar-refractivity contribution >= 4 is 22.9 Å². The lowest BCUT2D eigenvalue weighted by Crippen LogP contribution is -2.32. The van der Waals surface area contributed by atoms with Gasteiger partial charge in [0.1, 0.15) is 0 Å². The number of hydrazine groups is 1. The molecule has 0 aliphatic rings. The van der Waals surface area contributed by atoms with Crippen molar-refractivity contribution in [3.63, 3.8) is 0 Å². The van der Waals surface area contributed by atoms with Crippen molar-refractivity contribution in [2.45, 2.75) is 0 Å². The van der Waals surface area contributed by atoms with Gasteiger partial charge in [-0.2, -0.15) is 10.8 Å². The van der Waals surface area contributed by atoms with Crippen molar-refractivity contribution in [2.75, 3.05) is 0 Å². The van der Waals surface area contributed by atoms with Crippen molar-refractivity contribution in [2.24, 2.45) is 5.90 Å². The van der Waals surface area contributed by atoms with E-state index in [0.29, 0.717) is 0 Å². The molecular formula is H4IN5O2-2. The number of nitrogens with one attached hydrogen (secondary N) is 1. The van der Waals surface area contributed by atoms with Crippen molar-refractivity contribution in [1.29, 1.82) is 0 Å². The van der Waals surface area contributed by atoms with Crippen LogP contribution in [0.3, 0.4) is 0 Å². The Morgan fingerprint density at radius 1 is 1.88 bits per heavy atom. The SMILES string of the molecule is [NH-]N([N-]I)N(O)ON. The monoisotopic (exact) mass is 233 g/mol. The van der Waals surface area contributed by atoms with E-state index >= 15 is 0 Å². The summed E-state index contributed by atoms with van der Waals surface area (Å²) in [4.78, 5) is 3.63. The molecule has 0 heterocycles. The normalized spacial score (nSPS) is 11.2. The molecule has 0 unspecified atom stereocenters. The molecule has 0 aromatic rings. The van der Waals surface area contributed by atoms with E-state index in [1.54, 1.807) is 0 Å². The largest absolute Gasteiger partial charge is 0.610 e. The van der Waals surface area contributed by atoms with E-state index in [2.05, 4.69) is 14.5 Å². The van der Waals surface area contributed by atoms with Gasteiger partial charge in [-0.05, 0) is 5.34 Å². The molecular weight excluding hydrogens is 229 g/mol. The van der Waals surface area contributed by atoms with Gasteiger partial charge in [0.2, 0.25) is 0 Å². The quantitative estimate of drug-likeness (QED) is 0.539. The van der Waals surface area contributed by atoms with Gasteiger partial charge in [0, 0.05) is 0 Å².